The normalized spacial score (nSPS) is 20.4. The molecule has 17 heavy (non-hydrogen) atoms. The van der Waals surface area contributed by atoms with Crippen molar-refractivity contribution >= 4 is 0 Å². The lowest BCUT2D eigenvalue weighted by Gasteiger charge is -2.35. The van der Waals surface area contributed by atoms with Gasteiger partial charge in [0.25, 0.3) is 0 Å². The highest BCUT2D eigenvalue weighted by Crippen LogP contribution is 2.47. The molecule has 1 aliphatic rings. The first kappa shape index (κ1) is 12.5. The van der Waals surface area contributed by atoms with Crippen molar-refractivity contribution in [2.24, 2.45) is 5.41 Å². The van der Waals surface area contributed by atoms with Crippen LogP contribution >= 0.6 is 0 Å². The lowest BCUT2D eigenvalue weighted by atomic mass is 9.77. The zero-order valence-electron chi connectivity index (χ0n) is 10.7. The van der Waals surface area contributed by atoms with Crippen LogP contribution in [0.5, 0.6) is 0 Å². The summed E-state index contributed by atoms with van der Waals surface area (Å²) in [4.78, 5) is 3.97. The monoisotopic (exact) mass is 236 g/mol. The molecule has 0 aromatic carbocycles. The Morgan fingerprint density at radius 2 is 2.12 bits per heavy atom. The van der Waals surface area contributed by atoms with Crippen molar-refractivity contribution in [2.75, 3.05) is 6.54 Å². The van der Waals surface area contributed by atoms with Crippen LogP contribution in [0.25, 0.3) is 0 Å². The minimum Gasteiger partial charge on any atom is -0.310 e. The molecule has 1 fully saturated rings. The van der Waals surface area contributed by atoms with Gasteiger partial charge in [-0.2, -0.15) is 0 Å². The Morgan fingerprint density at radius 1 is 1.41 bits per heavy atom. The van der Waals surface area contributed by atoms with Crippen molar-refractivity contribution in [3.63, 3.8) is 0 Å². The molecule has 94 valence electrons. The average Bonchev–Trinajstić information content (AvgIpc) is 2.74. The molecule has 1 unspecified atom stereocenters. The average molecular weight is 236 g/mol. The molecule has 1 aliphatic carbocycles. The number of rotatable bonds is 4. The van der Waals surface area contributed by atoms with E-state index in [1.807, 2.05) is 0 Å². The maximum absolute atomic E-state index is 13.3. The van der Waals surface area contributed by atoms with E-state index >= 15 is 0 Å². The van der Waals surface area contributed by atoms with Crippen LogP contribution in [0.2, 0.25) is 0 Å². The Hall–Kier alpha value is -0.960. The van der Waals surface area contributed by atoms with Crippen molar-refractivity contribution in [2.45, 2.75) is 45.6 Å². The molecular formula is C14H21FN2. The van der Waals surface area contributed by atoms with E-state index in [4.69, 9.17) is 0 Å². The first-order valence-electron chi connectivity index (χ1n) is 6.49. The van der Waals surface area contributed by atoms with Gasteiger partial charge in [0.15, 0.2) is 0 Å². The minimum atomic E-state index is -0.244. The zero-order chi connectivity index (χ0) is 12.3. The standard InChI is InChI=1S/C14H21FN2/c1-3-17-13(14(2)6-4-5-7-14)11-8-12(15)10-16-9-11/h8-10,13,17H,3-7H2,1-2H3. The van der Waals surface area contributed by atoms with Crippen LogP contribution in [0.4, 0.5) is 4.39 Å². The van der Waals surface area contributed by atoms with Gasteiger partial charge >= 0.3 is 0 Å². The minimum absolute atomic E-state index is 0.221. The van der Waals surface area contributed by atoms with Crippen molar-refractivity contribution < 1.29 is 4.39 Å². The van der Waals surface area contributed by atoms with Gasteiger partial charge in [-0.25, -0.2) is 4.39 Å². The van der Waals surface area contributed by atoms with Gasteiger partial charge in [-0.15, -0.1) is 0 Å². The molecule has 1 N–H and O–H groups in total. The quantitative estimate of drug-likeness (QED) is 0.866. The summed E-state index contributed by atoms with van der Waals surface area (Å²) >= 11 is 0. The van der Waals surface area contributed by atoms with Crippen LogP contribution in [0, 0.1) is 11.2 Å². The number of halogens is 1. The summed E-state index contributed by atoms with van der Waals surface area (Å²) in [6.07, 6.45) is 8.04. The highest BCUT2D eigenvalue weighted by molar-refractivity contribution is 5.18. The molecule has 1 saturated carbocycles. The smallest absolute Gasteiger partial charge is 0.141 e. The summed E-state index contributed by atoms with van der Waals surface area (Å²) in [6, 6.07) is 1.84. The van der Waals surface area contributed by atoms with Gasteiger partial charge in [0.2, 0.25) is 0 Å². The summed E-state index contributed by atoms with van der Waals surface area (Å²) < 4.78 is 13.3. The number of nitrogens with one attached hydrogen (secondary N) is 1. The molecule has 1 aromatic rings. The molecule has 0 bridgehead atoms. The second-order valence-electron chi connectivity index (χ2n) is 5.29. The predicted octanol–water partition coefficient (Wildman–Crippen LogP) is 3.45. The molecule has 2 nitrogen and oxygen atoms in total. The summed E-state index contributed by atoms with van der Waals surface area (Å²) in [5.41, 5.74) is 1.22. The largest absolute Gasteiger partial charge is 0.310 e. The lowest BCUT2D eigenvalue weighted by molar-refractivity contribution is 0.225. The van der Waals surface area contributed by atoms with Crippen LogP contribution in [0.15, 0.2) is 18.5 Å². The third-order valence-corrected chi connectivity index (χ3v) is 3.91. The van der Waals surface area contributed by atoms with E-state index in [2.05, 4.69) is 24.1 Å². The van der Waals surface area contributed by atoms with E-state index in [9.17, 15) is 4.39 Å². The number of pyridine rings is 1. The Balaban J connectivity index is 2.28. The van der Waals surface area contributed by atoms with Crippen molar-refractivity contribution in [1.82, 2.24) is 10.3 Å². The molecule has 0 aliphatic heterocycles. The number of aromatic nitrogens is 1. The maximum atomic E-state index is 13.3. The fourth-order valence-corrected chi connectivity index (χ4v) is 3.03. The highest BCUT2D eigenvalue weighted by Gasteiger charge is 2.37. The van der Waals surface area contributed by atoms with Crippen LogP contribution in [0.1, 0.15) is 51.1 Å². The molecule has 2 rings (SSSR count). The van der Waals surface area contributed by atoms with Gasteiger partial charge in [-0.05, 0) is 36.4 Å². The van der Waals surface area contributed by atoms with Gasteiger partial charge in [0, 0.05) is 12.2 Å². The summed E-state index contributed by atoms with van der Waals surface area (Å²) in [5, 5.41) is 3.50. The molecule has 3 heteroatoms. The van der Waals surface area contributed by atoms with Gasteiger partial charge < -0.3 is 5.32 Å². The SMILES string of the molecule is CCNC(c1cncc(F)c1)C1(C)CCCC1. The summed E-state index contributed by atoms with van der Waals surface area (Å²) in [6.45, 7) is 5.30. The Bertz CT molecular complexity index is 372. The van der Waals surface area contributed by atoms with Crippen molar-refractivity contribution in [3.8, 4) is 0 Å². The Labute approximate surface area is 103 Å². The van der Waals surface area contributed by atoms with Crippen LogP contribution in [-0.2, 0) is 0 Å². The van der Waals surface area contributed by atoms with E-state index in [0.29, 0.717) is 0 Å². The van der Waals surface area contributed by atoms with Gasteiger partial charge in [-0.3, -0.25) is 4.98 Å². The van der Waals surface area contributed by atoms with E-state index in [0.717, 1.165) is 12.1 Å². The molecule has 1 heterocycles. The predicted molar refractivity (Wildman–Crippen MR) is 67.2 cm³/mol. The maximum Gasteiger partial charge on any atom is 0.141 e. The van der Waals surface area contributed by atoms with Crippen LogP contribution in [-0.4, -0.2) is 11.5 Å². The van der Waals surface area contributed by atoms with E-state index in [1.165, 1.54) is 31.9 Å². The van der Waals surface area contributed by atoms with Crippen molar-refractivity contribution in [3.05, 3.63) is 29.8 Å². The first-order valence-corrected chi connectivity index (χ1v) is 6.49. The topological polar surface area (TPSA) is 24.9 Å². The number of hydrogen-bond donors (Lipinski definition) is 1. The second kappa shape index (κ2) is 5.13. The molecule has 1 aromatic heterocycles. The molecule has 0 amide bonds. The molecule has 0 saturated heterocycles. The number of hydrogen-bond acceptors (Lipinski definition) is 2. The fourth-order valence-electron chi connectivity index (χ4n) is 3.03. The third kappa shape index (κ3) is 2.65. The lowest BCUT2D eigenvalue weighted by Crippen LogP contribution is -2.34. The second-order valence-corrected chi connectivity index (χ2v) is 5.29. The van der Waals surface area contributed by atoms with Gasteiger partial charge in [-0.1, -0.05) is 26.7 Å². The number of nitrogens with zero attached hydrogens (tertiary/aromatic N) is 1. The molecule has 0 spiro atoms. The molecular weight excluding hydrogens is 215 g/mol. The van der Waals surface area contributed by atoms with Crippen LogP contribution in [0.3, 0.4) is 0 Å². The summed E-state index contributed by atoms with van der Waals surface area (Å²) in [7, 11) is 0. The Kier molecular flexibility index (Phi) is 3.77. The molecule has 0 radical (unpaired) electrons. The van der Waals surface area contributed by atoms with Gasteiger partial charge in [0.1, 0.15) is 5.82 Å². The first-order chi connectivity index (χ1) is 8.15. The molecule has 1 atom stereocenters. The zero-order valence-corrected chi connectivity index (χ0v) is 10.7. The summed E-state index contributed by atoms with van der Waals surface area (Å²) in [5.74, 6) is -0.244. The Morgan fingerprint density at radius 3 is 2.71 bits per heavy atom. The van der Waals surface area contributed by atoms with E-state index in [-0.39, 0.29) is 17.3 Å². The van der Waals surface area contributed by atoms with Gasteiger partial charge in [0.05, 0.1) is 6.20 Å². The van der Waals surface area contributed by atoms with E-state index < -0.39 is 0 Å². The third-order valence-electron chi connectivity index (χ3n) is 3.91. The van der Waals surface area contributed by atoms with Crippen molar-refractivity contribution in [1.29, 1.82) is 0 Å². The fraction of sp³-hybridized carbons (Fsp3) is 0.643. The highest BCUT2D eigenvalue weighted by atomic mass is 19.1. The van der Waals surface area contributed by atoms with Crippen LogP contribution < -0.4 is 5.32 Å². The van der Waals surface area contributed by atoms with E-state index in [1.54, 1.807) is 12.3 Å².